The third kappa shape index (κ3) is 2.97. The van der Waals surface area contributed by atoms with Crippen LogP contribution in [-0.4, -0.2) is 9.78 Å². The molecule has 0 spiro atoms. The quantitative estimate of drug-likeness (QED) is 0.919. The molecule has 1 aromatic carbocycles. The Morgan fingerprint density at radius 3 is 2.70 bits per heavy atom. The molecule has 0 saturated heterocycles. The van der Waals surface area contributed by atoms with E-state index in [-0.39, 0.29) is 6.04 Å². The summed E-state index contributed by atoms with van der Waals surface area (Å²) in [5.74, 6) is 0.807. The lowest BCUT2D eigenvalue weighted by molar-refractivity contribution is 0.300. The third-order valence-electron chi connectivity index (χ3n) is 3.40. The minimum Gasteiger partial charge on any atom is -0.488 e. The molecule has 4 nitrogen and oxygen atoms in total. The fourth-order valence-corrected chi connectivity index (χ4v) is 2.36. The number of hydrogen-bond acceptors (Lipinski definition) is 3. The van der Waals surface area contributed by atoms with Crippen LogP contribution in [0.25, 0.3) is 0 Å². The van der Waals surface area contributed by atoms with E-state index >= 15 is 0 Å². The van der Waals surface area contributed by atoms with Crippen LogP contribution < -0.4 is 10.5 Å². The van der Waals surface area contributed by atoms with Gasteiger partial charge in [0.15, 0.2) is 0 Å². The van der Waals surface area contributed by atoms with Gasteiger partial charge in [-0.25, -0.2) is 0 Å². The molecule has 1 heterocycles. The van der Waals surface area contributed by atoms with Crippen LogP contribution in [0.4, 0.5) is 0 Å². The summed E-state index contributed by atoms with van der Waals surface area (Å²) in [6.45, 7) is 4.38. The van der Waals surface area contributed by atoms with Gasteiger partial charge in [-0.3, -0.25) is 4.68 Å². The summed E-state index contributed by atoms with van der Waals surface area (Å²) in [5.41, 5.74) is 8.92. The van der Waals surface area contributed by atoms with Crippen molar-refractivity contribution in [2.24, 2.45) is 12.8 Å². The van der Waals surface area contributed by atoms with Crippen molar-refractivity contribution < 1.29 is 4.74 Å². The Bertz CT molecular complexity index is 595. The van der Waals surface area contributed by atoms with Crippen molar-refractivity contribution in [2.45, 2.75) is 32.9 Å². The van der Waals surface area contributed by atoms with Crippen LogP contribution in [-0.2, 0) is 13.7 Å². The van der Waals surface area contributed by atoms with Gasteiger partial charge in [-0.1, -0.05) is 36.7 Å². The van der Waals surface area contributed by atoms with Crippen molar-refractivity contribution in [3.8, 4) is 5.75 Å². The number of rotatable bonds is 5. The van der Waals surface area contributed by atoms with E-state index < -0.39 is 0 Å². The molecule has 0 aliphatic carbocycles. The summed E-state index contributed by atoms with van der Waals surface area (Å²) in [6, 6.07) is 7.83. The summed E-state index contributed by atoms with van der Waals surface area (Å²) < 4.78 is 7.56. The highest BCUT2D eigenvalue weighted by Gasteiger charge is 2.14. The monoisotopic (exact) mass is 293 g/mol. The molecular formula is C15H20ClN3O. The van der Waals surface area contributed by atoms with E-state index in [1.807, 2.05) is 38.2 Å². The number of nitrogens with zero attached hydrogens (tertiary/aromatic N) is 2. The predicted molar refractivity (Wildman–Crippen MR) is 80.9 cm³/mol. The number of aromatic nitrogens is 2. The standard InChI is InChI=1S/C15H20ClN3O/c1-4-13(17)11-7-5-6-8-14(11)20-9-12-10(2)18-19(3)15(12)16/h5-8,13H,4,9,17H2,1-3H3/t13-/m1/s1. The molecule has 2 aromatic rings. The zero-order valence-corrected chi connectivity index (χ0v) is 12.8. The van der Waals surface area contributed by atoms with Gasteiger partial charge in [-0.2, -0.15) is 5.10 Å². The van der Waals surface area contributed by atoms with Gasteiger partial charge in [0.25, 0.3) is 0 Å². The molecule has 0 fully saturated rings. The molecule has 108 valence electrons. The molecular weight excluding hydrogens is 274 g/mol. The minimum absolute atomic E-state index is 0.0170. The molecule has 2 N–H and O–H groups in total. The van der Waals surface area contributed by atoms with Crippen molar-refractivity contribution >= 4 is 11.6 Å². The van der Waals surface area contributed by atoms with Crippen LogP contribution in [0.15, 0.2) is 24.3 Å². The molecule has 0 unspecified atom stereocenters. The SMILES string of the molecule is CC[C@@H](N)c1ccccc1OCc1c(C)nn(C)c1Cl. The van der Waals surface area contributed by atoms with E-state index in [2.05, 4.69) is 12.0 Å². The summed E-state index contributed by atoms with van der Waals surface area (Å²) >= 11 is 6.21. The lowest BCUT2D eigenvalue weighted by Crippen LogP contribution is -2.11. The topological polar surface area (TPSA) is 53.1 Å². The molecule has 0 aliphatic heterocycles. The highest BCUT2D eigenvalue weighted by Crippen LogP contribution is 2.27. The van der Waals surface area contributed by atoms with Gasteiger partial charge in [0.2, 0.25) is 0 Å². The normalized spacial score (nSPS) is 12.4. The Labute approximate surface area is 124 Å². The van der Waals surface area contributed by atoms with Gasteiger partial charge >= 0.3 is 0 Å². The molecule has 0 amide bonds. The van der Waals surface area contributed by atoms with E-state index in [1.54, 1.807) is 4.68 Å². The number of ether oxygens (including phenoxy) is 1. The summed E-state index contributed by atoms with van der Waals surface area (Å²) in [6.07, 6.45) is 0.868. The lowest BCUT2D eigenvalue weighted by Gasteiger charge is -2.15. The zero-order chi connectivity index (χ0) is 14.7. The maximum absolute atomic E-state index is 6.21. The van der Waals surface area contributed by atoms with Crippen molar-refractivity contribution in [2.75, 3.05) is 0 Å². The van der Waals surface area contributed by atoms with Crippen LogP contribution in [0.5, 0.6) is 5.75 Å². The largest absolute Gasteiger partial charge is 0.488 e. The average molecular weight is 294 g/mol. The van der Waals surface area contributed by atoms with Gasteiger partial charge in [-0.15, -0.1) is 0 Å². The number of halogens is 1. The average Bonchev–Trinajstić information content (AvgIpc) is 2.70. The fourth-order valence-electron chi connectivity index (χ4n) is 2.13. The van der Waals surface area contributed by atoms with Crippen molar-refractivity contribution in [3.63, 3.8) is 0 Å². The summed E-state index contributed by atoms with van der Waals surface area (Å²) in [7, 11) is 1.82. The zero-order valence-electron chi connectivity index (χ0n) is 12.1. The first kappa shape index (κ1) is 14.9. The lowest BCUT2D eigenvalue weighted by atomic mass is 10.0. The highest BCUT2D eigenvalue weighted by atomic mass is 35.5. The first-order valence-corrected chi connectivity index (χ1v) is 7.07. The van der Waals surface area contributed by atoms with Crippen molar-refractivity contribution in [1.29, 1.82) is 0 Å². The number of nitrogens with two attached hydrogens (primary N) is 1. The van der Waals surface area contributed by atoms with Gasteiger partial charge in [0.05, 0.1) is 5.69 Å². The highest BCUT2D eigenvalue weighted by molar-refractivity contribution is 6.30. The van der Waals surface area contributed by atoms with Crippen LogP contribution in [0.2, 0.25) is 5.15 Å². The molecule has 0 bridgehead atoms. The van der Waals surface area contributed by atoms with E-state index in [9.17, 15) is 0 Å². The van der Waals surface area contributed by atoms with E-state index in [0.717, 1.165) is 29.0 Å². The molecule has 1 aromatic heterocycles. The molecule has 20 heavy (non-hydrogen) atoms. The second kappa shape index (κ2) is 6.29. The van der Waals surface area contributed by atoms with E-state index in [4.69, 9.17) is 22.1 Å². The van der Waals surface area contributed by atoms with Crippen molar-refractivity contribution in [1.82, 2.24) is 9.78 Å². The molecule has 5 heteroatoms. The number of hydrogen-bond donors (Lipinski definition) is 1. The number of para-hydroxylation sites is 1. The Morgan fingerprint density at radius 1 is 1.40 bits per heavy atom. The number of aryl methyl sites for hydroxylation is 2. The predicted octanol–water partition coefficient (Wildman–Crippen LogP) is 3.37. The second-order valence-corrected chi connectivity index (χ2v) is 5.18. The van der Waals surface area contributed by atoms with Crippen LogP contribution >= 0.6 is 11.6 Å². The molecule has 1 atom stereocenters. The van der Waals surface area contributed by atoms with Crippen LogP contribution in [0.1, 0.15) is 36.2 Å². The Kier molecular flexibility index (Phi) is 4.68. The van der Waals surface area contributed by atoms with Crippen LogP contribution in [0.3, 0.4) is 0 Å². The summed E-state index contributed by atoms with van der Waals surface area (Å²) in [4.78, 5) is 0. The fraction of sp³-hybridized carbons (Fsp3) is 0.400. The van der Waals surface area contributed by atoms with Crippen LogP contribution in [0, 0.1) is 6.92 Å². The Balaban J connectivity index is 2.19. The molecule has 0 aliphatic rings. The Hall–Kier alpha value is -1.52. The molecule has 0 radical (unpaired) electrons. The third-order valence-corrected chi connectivity index (χ3v) is 3.87. The molecule has 0 saturated carbocycles. The van der Waals surface area contributed by atoms with Crippen molar-refractivity contribution in [3.05, 3.63) is 46.2 Å². The maximum Gasteiger partial charge on any atom is 0.133 e. The van der Waals surface area contributed by atoms with E-state index in [1.165, 1.54) is 0 Å². The first-order chi connectivity index (χ1) is 9.54. The van der Waals surface area contributed by atoms with Gasteiger partial charge in [-0.05, 0) is 19.4 Å². The molecule has 2 rings (SSSR count). The summed E-state index contributed by atoms with van der Waals surface area (Å²) in [5, 5.41) is 4.89. The van der Waals surface area contributed by atoms with Gasteiger partial charge in [0.1, 0.15) is 17.5 Å². The smallest absolute Gasteiger partial charge is 0.133 e. The number of benzene rings is 1. The van der Waals surface area contributed by atoms with E-state index in [0.29, 0.717) is 11.8 Å². The van der Waals surface area contributed by atoms with Gasteiger partial charge in [0, 0.05) is 24.2 Å². The minimum atomic E-state index is -0.0170. The Morgan fingerprint density at radius 2 is 2.10 bits per heavy atom. The maximum atomic E-state index is 6.21. The second-order valence-electron chi connectivity index (χ2n) is 4.82. The van der Waals surface area contributed by atoms with Gasteiger partial charge < -0.3 is 10.5 Å². The first-order valence-electron chi connectivity index (χ1n) is 6.69.